The highest BCUT2D eigenvalue weighted by Crippen LogP contribution is 2.37. The minimum Gasteiger partial charge on any atom is -0.497 e. The lowest BCUT2D eigenvalue weighted by Crippen LogP contribution is -2.69. The number of H-pyrrole nitrogens is 1. The van der Waals surface area contributed by atoms with Gasteiger partial charge in [-0.15, -0.1) is 0 Å². The van der Waals surface area contributed by atoms with Gasteiger partial charge in [-0.1, -0.05) is 24.3 Å². The van der Waals surface area contributed by atoms with Gasteiger partial charge in [0.1, 0.15) is 23.7 Å². The molecule has 0 bridgehead atoms. The highest BCUT2D eigenvalue weighted by molar-refractivity contribution is 5.89. The molecule has 2 heterocycles. The second-order valence-electron chi connectivity index (χ2n) is 9.40. The summed E-state index contributed by atoms with van der Waals surface area (Å²) in [5.74, 6) is -1.73. The molecular formula is C27H30N2O8. The third kappa shape index (κ3) is 4.63. The number of aromatic nitrogens is 2. The van der Waals surface area contributed by atoms with Gasteiger partial charge in [-0.2, -0.15) is 5.10 Å². The van der Waals surface area contributed by atoms with Crippen molar-refractivity contribution in [3.8, 4) is 11.5 Å². The normalized spacial score (nSPS) is 26.0. The van der Waals surface area contributed by atoms with Crippen molar-refractivity contribution in [1.82, 2.24) is 10.2 Å². The molecule has 1 aliphatic rings. The van der Waals surface area contributed by atoms with Crippen LogP contribution in [0, 0.1) is 6.92 Å². The van der Waals surface area contributed by atoms with Crippen LogP contribution in [0.2, 0.25) is 0 Å². The standard InChI is InChI=1S/C27H30N2O8/c1-14-9-20-23(21(10-14)37-27(34)25(32)24(31)22(13-30)36-26(27)33)19(28-29-20)8-4-15-3-5-17-12-18(35-2)7-6-16(17)11-15/h3,5-7,9-12,22,24-26,30-34H,4,8,13H2,1-2H3,(H,28,29)/t22-,24-,25+,26-,27+/m1/s1. The molecule has 1 aromatic heterocycles. The summed E-state index contributed by atoms with van der Waals surface area (Å²) in [4.78, 5) is 0. The number of aliphatic hydroxyl groups is 5. The van der Waals surface area contributed by atoms with E-state index >= 15 is 0 Å². The Bertz CT molecular complexity index is 1420. The molecule has 10 nitrogen and oxygen atoms in total. The number of nitrogens with zero attached hydrogens (tertiary/aromatic N) is 1. The van der Waals surface area contributed by atoms with Gasteiger partial charge in [0.05, 0.1) is 30.3 Å². The van der Waals surface area contributed by atoms with Crippen LogP contribution in [0.3, 0.4) is 0 Å². The molecule has 6 N–H and O–H groups in total. The number of aliphatic hydroxyl groups excluding tert-OH is 4. The first-order valence-corrected chi connectivity index (χ1v) is 12.0. The number of hydrogen-bond acceptors (Lipinski definition) is 9. The van der Waals surface area contributed by atoms with Gasteiger partial charge in [-0.05, 0) is 65.9 Å². The van der Waals surface area contributed by atoms with E-state index in [9.17, 15) is 25.5 Å². The number of ether oxygens (including phenoxy) is 3. The van der Waals surface area contributed by atoms with E-state index in [1.807, 2.05) is 43.3 Å². The largest absolute Gasteiger partial charge is 0.497 e. The fraction of sp³-hybridized carbons (Fsp3) is 0.370. The summed E-state index contributed by atoms with van der Waals surface area (Å²) in [6.07, 6.45) is -5.73. The average molecular weight is 511 g/mol. The van der Waals surface area contributed by atoms with Gasteiger partial charge in [-0.3, -0.25) is 5.10 Å². The van der Waals surface area contributed by atoms with E-state index < -0.39 is 37.0 Å². The molecule has 5 rings (SSSR count). The number of aryl methyl sites for hydroxylation is 3. The van der Waals surface area contributed by atoms with Crippen molar-refractivity contribution in [1.29, 1.82) is 0 Å². The Morgan fingerprint density at radius 3 is 2.54 bits per heavy atom. The summed E-state index contributed by atoms with van der Waals surface area (Å²) >= 11 is 0. The smallest absolute Gasteiger partial charge is 0.288 e. The molecule has 0 unspecified atom stereocenters. The number of aromatic amines is 1. The molecule has 1 saturated heterocycles. The van der Waals surface area contributed by atoms with E-state index in [2.05, 4.69) is 16.3 Å². The Labute approximate surface area is 212 Å². The molecule has 1 aliphatic heterocycles. The molecule has 5 atom stereocenters. The second kappa shape index (κ2) is 9.90. The predicted octanol–water partition coefficient (Wildman–Crippen LogP) is 1.32. The van der Waals surface area contributed by atoms with E-state index in [1.54, 1.807) is 13.2 Å². The third-order valence-corrected chi connectivity index (χ3v) is 6.85. The van der Waals surface area contributed by atoms with Gasteiger partial charge >= 0.3 is 0 Å². The summed E-state index contributed by atoms with van der Waals surface area (Å²) < 4.78 is 16.2. The van der Waals surface area contributed by atoms with Gasteiger partial charge in [0.2, 0.25) is 6.29 Å². The van der Waals surface area contributed by atoms with Crippen molar-refractivity contribution in [3.05, 3.63) is 65.4 Å². The maximum absolute atomic E-state index is 11.0. The number of nitrogens with one attached hydrogen (secondary N) is 1. The first-order valence-electron chi connectivity index (χ1n) is 12.0. The molecule has 0 amide bonds. The van der Waals surface area contributed by atoms with E-state index in [-0.39, 0.29) is 5.75 Å². The monoisotopic (exact) mass is 510 g/mol. The molecule has 1 fully saturated rings. The topological polar surface area (TPSA) is 158 Å². The highest BCUT2D eigenvalue weighted by atomic mass is 16.7. The SMILES string of the molecule is COc1ccc2cc(CCc3n[nH]c4cc(C)cc(O[C@]5(O)[C@H](O)O[C@H](CO)[C@@H](O)[C@@H]5O)c34)ccc2c1. The summed E-state index contributed by atoms with van der Waals surface area (Å²) in [6, 6.07) is 15.6. The van der Waals surface area contributed by atoms with Gasteiger partial charge in [0.15, 0.2) is 6.10 Å². The molecule has 0 aliphatic carbocycles. The third-order valence-electron chi connectivity index (χ3n) is 6.85. The predicted molar refractivity (Wildman–Crippen MR) is 134 cm³/mol. The Balaban J connectivity index is 1.43. The van der Waals surface area contributed by atoms with Crippen molar-refractivity contribution in [2.24, 2.45) is 0 Å². The minimum atomic E-state index is -2.68. The van der Waals surface area contributed by atoms with Crippen LogP contribution >= 0.6 is 0 Å². The van der Waals surface area contributed by atoms with Crippen molar-refractivity contribution < 1.29 is 39.7 Å². The first kappa shape index (κ1) is 25.4. The lowest BCUT2D eigenvalue weighted by atomic mass is 9.95. The number of hydrogen-bond donors (Lipinski definition) is 6. The zero-order chi connectivity index (χ0) is 26.3. The van der Waals surface area contributed by atoms with Crippen molar-refractivity contribution in [3.63, 3.8) is 0 Å². The lowest BCUT2D eigenvalue weighted by Gasteiger charge is -2.45. The molecule has 196 valence electrons. The fourth-order valence-corrected chi connectivity index (χ4v) is 4.78. The van der Waals surface area contributed by atoms with Crippen molar-refractivity contribution in [2.45, 2.75) is 50.2 Å². The Morgan fingerprint density at radius 2 is 1.78 bits per heavy atom. The number of fused-ring (bicyclic) bond motifs is 2. The molecule has 4 aromatic rings. The van der Waals surface area contributed by atoms with Crippen LogP contribution in [0.25, 0.3) is 21.7 Å². The summed E-state index contributed by atoms with van der Waals surface area (Å²) in [5, 5.41) is 61.7. The van der Waals surface area contributed by atoms with Crippen LogP contribution in [-0.4, -0.2) is 79.8 Å². The zero-order valence-electron chi connectivity index (χ0n) is 20.5. The number of methoxy groups -OCH3 is 1. The molecule has 0 saturated carbocycles. The first-order chi connectivity index (χ1) is 17.7. The van der Waals surface area contributed by atoms with Crippen LogP contribution in [0.15, 0.2) is 48.5 Å². The van der Waals surface area contributed by atoms with Gasteiger partial charge in [-0.25, -0.2) is 0 Å². The van der Waals surface area contributed by atoms with Crippen LogP contribution in [0.1, 0.15) is 16.8 Å². The van der Waals surface area contributed by atoms with Crippen molar-refractivity contribution >= 4 is 21.7 Å². The Kier molecular flexibility index (Phi) is 6.80. The average Bonchev–Trinajstić information content (AvgIpc) is 3.31. The summed E-state index contributed by atoms with van der Waals surface area (Å²) in [6.45, 7) is 1.16. The van der Waals surface area contributed by atoms with Crippen molar-refractivity contribution in [2.75, 3.05) is 13.7 Å². The minimum absolute atomic E-state index is 0.156. The van der Waals surface area contributed by atoms with Crippen LogP contribution in [-0.2, 0) is 17.6 Å². The molecule has 3 aromatic carbocycles. The molecular weight excluding hydrogens is 480 g/mol. The maximum atomic E-state index is 11.0. The molecule has 0 radical (unpaired) electrons. The quantitative estimate of drug-likeness (QED) is 0.202. The number of rotatable bonds is 7. The van der Waals surface area contributed by atoms with E-state index in [4.69, 9.17) is 14.2 Å². The Hall–Kier alpha value is -3.25. The van der Waals surface area contributed by atoms with Crippen LogP contribution in [0.4, 0.5) is 0 Å². The molecule has 10 heteroatoms. The van der Waals surface area contributed by atoms with Gasteiger partial charge < -0.3 is 39.7 Å². The zero-order valence-corrected chi connectivity index (χ0v) is 20.5. The Morgan fingerprint density at radius 1 is 1.03 bits per heavy atom. The van der Waals surface area contributed by atoms with E-state index in [0.717, 1.165) is 27.6 Å². The second-order valence-corrected chi connectivity index (χ2v) is 9.40. The highest BCUT2D eigenvalue weighted by Gasteiger charge is 2.57. The van der Waals surface area contributed by atoms with Crippen LogP contribution < -0.4 is 9.47 Å². The molecule has 37 heavy (non-hydrogen) atoms. The fourth-order valence-electron chi connectivity index (χ4n) is 4.78. The van der Waals surface area contributed by atoms with Crippen LogP contribution in [0.5, 0.6) is 11.5 Å². The van der Waals surface area contributed by atoms with E-state index in [0.29, 0.717) is 29.4 Å². The summed E-state index contributed by atoms with van der Waals surface area (Å²) in [7, 11) is 1.64. The van der Waals surface area contributed by atoms with E-state index in [1.165, 1.54) is 0 Å². The lowest BCUT2D eigenvalue weighted by molar-refractivity contribution is -0.385. The number of benzene rings is 3. The maximum Gasteiger partial charge on any atom is 0.288 e. The van der Waals surface area contributed by atoms with Gasteiger partial charge in [0, 0.05) is 0 Å². The van der Waals surface area contributed by atoms with Gasteiger partial charge in [0.25, 0.3) is 5.79 Å². The summed E-state index contributed by atoms with van der Waals surface area (Å²) in [5.41, 5.74) is 3.19. The molecule has 0 spiro atoms.